The average molecular weight is 265 g/mol. The van der Waals surface area contributed by atoms with E-state index in [2.05, 4.69) is 0 Å². The molecule has 1 saturated heterocycles. The van der Waals surface area contributed by atoms with Crippen LogP contribution in [-0.2, 0) is 9.59 Å². The van der Waals surface area contributed by atoms with Gasteiger partial charge in [-0.25, -0.2) is 14.1 Å². The first-order valence-electron chi connectivity index (χ1n) is 5.78. The maximum Gasteiger partial charge on any atom is 0.337 e. The summed E-state index contributed by atoms with van der Waals surface area (Å²) in [7, 11) is 0. The molecule has 0 atom stereocenters. The molecule has 2 amide bonds. The van der Waals surface area contributed by atoms with Crippen LogP contribution < -0.4 is 4.90 Å². The van der Waals surface area contributed by atoms with E-state index in [1.54, 1.807) is 6.92 Å². The third kappa shape index (κ3) is 2.47. The minimum atomic E-state index is -1.38. The fourth-order valence-corrected chi connectivity index (χ4v) is 2.13. The van der Waals surface area contributed by atoms with Gasteiger partial charge < -0.3 is 5.11 Å². The Morgan fingerprint density at radius 2 is 1.89 bits per heavy atom. The van der Waals surface area contributed by atoms with E-state index in [9.17, 15) is 18.8 Å². The van der Waals surface area contributed by atoms with Gasteiger partial charge in [0, 0.05) is 12.8 Å². The Morgan fingerprint density at radius 3 is 2.42 bits per heavy atom. The lowest BCUT2D eigenvalue weighted by molar-refractivity contribution is -0.130. The van der Waals surface area contributed by atoms with Crippen LogP contribution in [0, 0.1) is 11.7 Å². The number of rotatable bonds is 2. The number of nitrogens with zero attached hydrogens (tertiary/aromatic N) is 1. The SMILES string of the molecule is CC1CC(=O)N(c2ccc(F)cc2C(=O)O)C(=O)C1. The zero-order chi connectivity index (χ0) is 14.2. The van der Waals surface area contributed by atoms with Gasteiger partial charge in [-0.3, -0.25) is 9.59 Å². The summed E-state index contributed by atoms with van der Waals surface area (Å²) < 4.78 is 13.1. The standard InChI is InChI=1S/C13H12FNO4/c1-7-4-11(16)15(12(17)5-7)10-3-2-8(14)6-9(10)13(18)19/h2-3,6-7H,4-5H2,1H3,(H,18,19). The van der Waals surface area contributed by atoms with Crippen LogP contribution in [0.3, 0.4) is 0 Å². The van der Waals surface area contributed by atoms with Gasteiger partial charge in [0.1, 0.15) is 5.82 Å². The normalized spacial score (nSPS) is 16.8. The number of piperidine rings is 1. The van der Waals surface area contributed by atoms with E-state index < -0.39 is 29.2 Å². The largest absolute Gasteiger partial charge is 0.478 e. The molecule has 0 aromatic heterocycles. The van der Waals surface area contributed by atoms with Gasteiger partial charge in [0.05, 0.1) is 11.3 Å². The quantitative estimate of drug-likeness (QED) is 0.827. The monoisotopic (exact) mass is 265 g/mol. The van der Waals surface area contributed by atoms with Gasteiger partial charge in [0.25, 0.3) is 0 Å². The molecule has 5 nitrogen and oxygen atoms in total. The minimum Gasteiger partial charge on any atom is -0.478 e. The van der Waals surface area contributed by atoms with Crippen LogP contribution in [0.2, 0.25) is 0 Å². The number of carboxylic acids is 1. The smallest absolute Gasteiger partial charge is 0.337 e. The summed E-state index contributed by atoms with van der Waals surface area (Å²) in [5, 5.41) is 9.03. The fourth-order valence-electron chi connectivity index (χ4n) is 2.13. The van der Waals surface area contributed by atoms with Crippen molar-refractivity contribution in [2.75, 3.05) is 4.90 Å². The molecular formula is C13H12FNO4. The van der Waals surface area contributed by atoms with E-state index in [0.717, 1.165) is 23.1 Å². The van der Waals surface area contributed by atoms with Crippen molar-refractivity contribution in [3.8, 4) is 0 Å². The highest BCUT2D eigenvalue weighted by atomic mass is 19.1. The zero-order valence-corrected chi connectivity index (χ0v) is 10.2. The van der Waals surface area contributed by atoms with Crippen LogP contribution >= 0.6 is 0 Å². The number of halogens is 1. The van der Waals surface area contributed by atoms with Crippen molar-refractivity contribution in [2.45, 2.75) is 19.8 Å². The Bertz CT molecular complexity index is 552. The first kappa shape index (κ1) is 13.2. The molecule has 1 fully saturated rings. The molecular weight excluding hydrogens is 253 g/mol. The molecule has 6 heteroatoms. The molecule has 2 rings (SSSR count). The highest BCUT2D eigenvalue weighted by molar-refractivity contribution is 6.18. The van der Waals surface area contributed by atoms with Crippen LogP contribution in [0.1, 0.15) is 30.1 Å². The molecule has 0 spiro atoms. The maximum atomic E-state index is 13.1. The van der Waals surface area contributed by atoms with Gasteiger partial charge in [0.2, 0.25) is 11.8 Å². The molecule has 1 aliphatic heterocycles. The van der Waals surface area contributed by atoms with Gasteiger partial charge in [-0.15, -0.1) is 0 Å². The molecule has 1 aromatic carbocycles. The van der Waals surface area contributed by atoms with E-state index in [0.29, 0.717) is 0 Å². The average Bonchev–Trinajstić information content (AvgIpc) is 2.29. The summed E-state index contributed by atoms with van der Waals surface area (Å²) >= 11 is 0. The van der Waals surface area contributed by atoms with Crippen LogP contribution in [-0.4, -0.2) is 22.9 Å². The number of carbonyl (C=O) groups excluding carboxylic acids is 2. The summed E-state index contributed by atoms with van der Waals surface area (Å²) in [5.74, 6) is -3.10. The van der Waals surface area contributed by atoms with Crippen molar-refractivity contribution >= 4 is 23.5 Å². The van der Waals surface area contributed by atoms with Crippen molar-refractivity contribution in [3.63, 3.8) is 0 Å². The molecule has 0 aliphatic carbocycles. The number of benzene rings is 1. The van der Waals surface area contributed by atoms with Crippen molar-refractivity contribution < 1.29 is 23.9 Å². The topological polar surface area (TPSA) is 74.7 Å². The lowest BCUT2D eigenvalue weighted by Crippen LogP contribution is -2.43. The number of hydrogen-bond donors (Lipinski definition) is 1. The molecule has 100 valence electrons. The highest BCUT2D eigenvalue weighted by Gasteiger charge is 2.33. The maximum absolute atomic E-state index is 13.1. The number of anilines is 1. The molecule has 1 aliphatic rings. The second-order valence-corrected chi connectivity index (χ2v) is 4.60. The van der Waals surface area contributed by atoms with Crippen LogP contribution in [0.4, 0.5) is 10.1 Å². The number of carbonyl (C=O) groups is 3. The lowest BCUT2D eigenvalue weighted by atomic mass is 9.96. The molecule has 19 heavy (non-hydrogen) atoms. The van der Waals surface area contributed by atoms with Crippen molar-refractivity contribution in [3.05, 3.63) is 29.6 Å². The van der Waals surface area contributed by atoms with Gasteiger partial charge in [-0.1, -0.05) is 6.92 Å². The van der Waals surface area contributed by atoms with Gasteiger partial charge >= 0.3 is 5.97 Å². The molecule has 1 heterocycles. The van der Waals surface area contributed by atoms with Gasteiger partial charge in [-0.05, 0) is 24.1 Å². The summed E-state index contributed by atoms with van der Waals surface area (Å²) in [6, 6.07) is 2.97. The summed E-state index contributed by atoms with van der Waals surface area (Å²) in [4.78, 5) is 35.7. The lowest BCUT2D eigenvalue weighted by Gasteiger charge is -2.29. The van der Waals surface area contributed by atoms with Gasteiger partial charge in [0.15, 0.2) is 0 Å². The fraction of sp³-hybridized carbons (Fsp3) is 0.308. The number of imide groups is 1. The Balaban J connectivity index is 2.49. The Hall–Kier alpha value is -2.24. The predicted molar refractivity (Wildman–Crippen MR) is 64.3 cm³/mol. The van der Waals surface area contributed by atoms with E-state index in [-0.39, 0.29) is 24.4 Å². The predicted octanol–water partition coefficient (Wildman–Crippen LogP) is 1.81. The van der Waals surface area contributed by atoms with E-state index in [1.165, 1.54) is 0 Å². The molecule has 0 unspecified atom stereocenters. The van der Waals surface area contributed by atoms with E-state index >= 15 is 0 Å². The summed E-state index contributed by atoms with van der Waals surface area (Å²) in [6.45, 7) is 1.77. The first-order valence-corrected chi connectivity index (χ1v) is 5.78. The second kappa shape index (κ2) is 4.79. The number of aromatic carboxylic acids is 1. The van der Waals surface area contributed by atoms with Crippen LogP contribution in [0.25, 0.3) is 0 Å². The highest BCUT2D eigenvalue weighted by Crippen LogP contribution is 2.28. The molecule has 1 N–H and O–H groups in total. The number of amides is 2. The van der Waals surface area contributed by atoms with Crippen LogP contribution in [0.5, 0.6) is 0 Å². The Labute approximate surface area is 108 Å². The summed E-state index contributed by atoms with van der Waals surface area (Å²) in [6.07, 6.45) is 0.338. The molecule has 0 bridgehead atoms. The van der Waals surface area contributed by atoms with Crippen molar-refractivity contribution in [1.29, 1.82) is 0 Å². The Kier molecular flexibility index (Phi) is 3.33. The Morgan fingerprint density at radius 1 is 1.32 bits per heavy atom. The number of hydrogen-bond acceptors (Lipinski definition) is 3. The van der Waals surface area contributed by atoms with Crippen LogP contribution in [0.15, 0.2) is 18.2 Å². The van der Waals surface area contributed by atoms with E-state index in [1.807, 2.05) is 0 Å². The van der Waals surface area contributed by atoms with Crippen molar-refractivity contribution in [1.82, 2.24) is 0 Å². The number of carboxylic acid groups (broad SMARTS) is 1. The first-order chi connectivity index (χ1) is 8.90. The second-order valence-electron chi connectivity index (χ2n) is 4.60. The minimum absolute atomic E-state index is 0.0648. The zero-order valence-electron chi connectivity index (χ0n) is 10.2. The third-order valence-electron chi connectivity index (χ3n) is 2.97. The molecule has 0 saturated carbocycles. The molecule has 1 aromatic rings. The molecule has 0 radical (unpaired) electrons. The summed E-state index contributed by atoms with van der Waals surface area (Å²) in [5.41, 5.74) is -0.466. The van der Waals surface area contributed by atoms with E-state index in [4.69, 9.17) is 5.11 Å². The van der Waals surface area contributed by atoms with Crippen molar-refractivity contribution in [2.24, 2.45) is 5.92 Å². The van der Waals surface area contributed by atoms with Gasteiger partial charge in [-0.2, -0.15) is 0 Å². The third-order valence-corrected chi connectivity index (χ3v) is 2.97.